The quantitative estimate of drug-likeness (QED) is 0.594. The van der Waals surface area contributed by atoms with Gasteiger partial charge in [0, 0.05) is 5.92 Å². The fourth-order valence-electron chi connectivity index (χ4n) is 3.08. The average molecular weight is 201 g/mol. The minimum absolute atomic E-state index is 0.0935. The van der Waals surface area contributed by atoms with Crippen molar-refractivity contribution in [3.8, 4) is 0 Å². The Hall–Kier alpha value is -0.0400. The zero-order valence-electron chi connectivity index (χ0n) is 7.97. The van der Waals surface area contributed by atoms with E-state index in [1.54, 1.807) is 0 Å². The molecule has 0 aromatic heterocycles. The second-order valence-corrected chi connectivity index (χ2v) is 4.99. The molecule has 2 rings (SSSR count). The number of hydrogen-bond donors (Lipinski definition) is 0. The molecule has 2 aliphatic carbocycles. The first-order chi connectivity index (χ1) is 6.27. The van der Waals surface area contributed by atoms with E-state index in [9.17, 15) is 4.79 Å². The minimum Gasteiger partial charge on any atom is -0.281 e. The van der Waals surface area contributed by atoms with Crippen molar-refractivity contribution in [1.82, 2.24) is 0 Å². The molecule has 13 heavy (non-hydrogen) atoms. The van der Waals surface area contributed by atoms with Gasteiger partial charge in [0.2, 0.25) is 5.24 Å². The topological polar surface area (TPSA) is 17.1 Å². The first kappa shape index (κ1) is 9.51. The highest BCUT2D eigenvalue weighted by atomic mass is 35.5. The molecule has 2 aliphatic rings. The van der Waals surface area contributed by atoms with E-state index in [1.165, 1.54) is 32.1 Å². The van der Waals surface area contributed by atoms with Crippen LogP contribution in [0.2, 0.25) is 0 Å². The highest BCUT2D eigenvalue weighted by molar-refractivity contribution is 6.63. The SMILES string of the molecule is O=C(Cl)C1CCC2CCCCC2C1. The summed E-state index contributed by atoms with van der Waals surface area (Å²) in [6, 6.07) is 0. The molecule has 2 saturated carbocycles. The van der Waals surface area contributed by atoms with Crippen LogP contribution in [0.15, 0.2) is 0 Å². The van der Waals surface area contributed by atoms with Gasteiger partial charge in [-0.2, -0.15) is 0 Å². The molecule has 0 bridgehead atoms. The predicted molar refractivity (Wildman–Crippen MR) is 53.6 cm³/mol. The second kappa shape index (κ2) is 4.00. The van der Waals surface area contributed by atoms with Gasteiger partial charge in [0.25, 0.3) is 0 Å². The Morgan fingerprint density at radius 3 is 2.38 bits per heavy atom. The van der Waals surface area contributed by atoms with Crippen molar-refractivity contribution in [1.29, 1.82) is 0 Å². The summed E-state index contributed by atoms with van der Waals surface area (Å²) >= 11 is 5.55. The van der Waals surface area contributed by atoms with Crippen molar-refractivity contribution >= 4 is 16.8 Å². The van der Waals surface area contributed by atoms with Crippen molar-refractivity contribution in [3.05, 3.63) is 0 Å². The lowest BCUT2D eigenvalue weighted by Gasteiger charge is -2.38. The summed E-state index contributed by atoms with van der Waals surface area (Å²) in [6.07, 6.45) is 8.87. The molecule has 74 valence electrons. The van der Waals surface area contributed by atoms with Crippen LogP contribution >= 0.6 is 11.6 Å². The highest BCUT2D eigenvalue weighted by Gasteiger charge is 2.34. The van der Waals surface area contributed by atoms with E-state index in [4.69, 9.17) is 11.6 Å². The fourth-order valence-corrected chi connectivity index (χ4v) is 3.28. The van der Waals surface area contributed by atoms with Crippen molar-refractivity contribution in [2.24, 2.45) is 17.8 Å². The number of fused-ring (bicyclic) bond motifs is 1. The van der Waals surface area contributed by atoms with E-state index in [0.29, 0.717) is 0 Å². The molecule has 0 aromatic carbocycles. The molecule has 0 N–H and O–H groups in total. The Morgan fingerprint density at radius 1 is 1.00 bits per heavy atom. The van der Waals surface area contributed by atoms with Crippen LogP contribution in [0.3, 0.4) is 0 Å². The number of hydrogen-bond acceptors (Lipinski definition) is 1. The predicted octanol–water partition coefficient (Wildman–Crippen LogP) is 3.36. The second-order valence-electron chi connectivity index (χ2n) is 4.62. The summed E-state index contributed by atoms with van der Waals surface area (Å²) < 4.78 is 0. The maximum atomic E-state index is 11.0. The third-order valence-electron chi connectivity index (χ3n) is 3.86. The Morgan fingerprint density at radius 2 is 1.69 bits per heavy atom. The van der Waals surface area contributed by atoms with Gasteiger partial charge in [0.15, 0.2) is 0 Å². The van der Waals surface area contributed by atoms with Gasteiger partial charge in [-0.05, 0) is 42.7 Å². The maximum absolute atomic E-state index is 11.0. The maximum Gasteiger partial charge on any atom is 0.224 e. The minimum atomic E-state index is -0.0935. The molecule has 0 radical (unpaired) electrons. The lowest BCUT2D eigenvalue weighted by atomic mass is 9.68. The van der Waals surface area contributed by atoms with E-state index in [1.807, 2.05) is 0 Å². The van der Waals surface area contributed by atoms with Crippen molar-refractivity contribution in [2.45, 2.75) is 44.9 Å². The van der Waals surface area contributed by atoms with Gasteiger partial charge < -0.3 is 0 Å². The van der Waals surface area contributed by atoms with Crippen LogP contribution in [0.4, 0.5) is 0 Å². The molecule has 3 atom stereocenters. The molecule has 2 heteroatoms. The van der Waals surface area contributed by atoms with Crippen LogP contribution in [0.5, 0.6) is 0 Å². The standard InChI is InChI=1S/C11H17ClO/c12-11(13)10-6-5-8-3-1-2-4-9(8)7-10/h8-10H,1-7H2. The number of carbonyl (C=O) groups excluding carboxylic acids is 1. The van der Waals surface area contributed by atoms with Crippen molar-refractivity contribution in [2.75, 3.05) is 0 Å². The largest absolute Gasteiger partial charge is 0.281 e. The Labute approximate surface area is 84.8 Å². The fraction of sp³-hybridized carbons (Fsp3) is 0.909. The average Bonchev–Trinajstić information content (AvgIpc) is 2.17. The molecule has 1 nitrogen and oxygen atoms in total. The Balaban J connectivity index is 1.95. The van der Waals surface area contributed by atoms with Crippen LogP contribution in [0, 0.1) is 17.8 Å². The molecule has 3 unspecified atom stereocenters. The zero-order valence-corrected chi connectivity index (χ0v) is 8.72. The van der Waals surface area contributed by atoms with Crippen molar-refractivity contribution < 1.29 is 4.79 Å². The molecule has 0 amide bonds. The lowest BCUT2D eigenvalue weighted by molar-refractivity contribution is -0.117. The molecule has 0 aliphatic heterocycles. The summed E-state index contributed by atoms with van der Waals surface area (Å²) in [7, 11) is 0. The van der Waals surface area contributed by atoms with E-state index in [2.05, 4.69) is 0 Å². The summed E-state index contributed by atoms with van der Waals surface area (Å²) in [5.41, 5.74) is 0. The van der Waals surface area contributed by atoms with Gasteiger partial charge in [-0.3, -0.25) is 4.79 Å². The van der Waals surface area contributed by atoms with Gasteiger partial charge in [0.05, 0.1) is 0 Å². The smallest absolute Gasteiger partial charge is 0.224 e. The molecule has 2 fully saturated rings. The third-order valence-corrected chi connectivity index (χ3v) is 4.17. The number of carbonyl (C=O) groups is 1. The van der Waals surface area contributed by atoms with Crippen molar-refractivity contribution in [3.63, 3.8) is 0 Å². The van der Waals surface area contributed by atoms with Gasteiger partial charge in [0.1, 0.15) is 0 Å². The van der Waals surface area contributed by atoms with Crippen LogP contribution < -0.4 is 0 Å². The highest BCUT2D eigenvalue weighted by Crippen LogP contribution is 2.43. The first-order valence-corrected chi connectivity index (χ1v) is 5.84. The van der Waals surface area contributed by atoms with E-state index < -0.39 is 0 Å². The monoisotopic (exact) mass is 200 g/mol. The number of halogens is 1. The summed E-state index contributed by atoms with van der Waals surface area (Å²) in [5, 5.41) is -0.0935. The van der Waals surface area contributed by atoms with Gasteiger partial charge in [-0.15, -0.1) is 0 Å². The normalized spacial score (nSPS) is 39.6. The number of rotatable bonds is 1. The van der Waals surface area contributed by atoms with Gasteiger partial charge in [-0.1, -0.05) is 25.7 Å². The third kappa shape index (κ3) is 2.07. The van der Waals surface area contributed by atoms with Gasteiger partial charge >= 0.3 is 0 Å². The summed E-state index contributed by atoms with van der Waals surface area (Å²) in [5.74, 6) is 1.91. The Bertz CT molecular complexity index is 202. The first-order valence-electron chi connectivity index (χ1n) is 5.46. The lowest BCUT2D eigenvalue weighted by Crippen LogP contribution is -2.29. The van der Waals surface area contributed by atoms with Crippen LogP contribution in [-0.4, -0.2) is 5.24 Å². The Kier molecular flexibility index (Phi) is 2.92. The molecular weight excluding hydrogens is 184 g/mol. The van der Waals surface area contributed by atoms with E-state index >= 15 is 0 Å². The van der Waals surface area contributed by atoms with Crippen LogP contribution in [0.25, 0.3) is 0 Å². The molecule has 0 heterocycles. The van der Waals surface area contributed by atoms with E-state index in [0.717, 1.165) is 24.7 Å². The van der Waals surface area contributed by atoms with Crippen LogP contribution in [0.1, 0.15) is 44.9 Å². The summed E-state index contributed by atoms with van der Waals surface area (Å²) in [6.45, 7) is 0. The van der Waals surface area contributed by atoms with E-state index in [-0.39, 0.29) is 11.2 Å². The molecule has 0 aromatic rings. The van der Waals surface area contributed by atoms with Crippen LogP contribution in [-0.2, 0) is 4.79 Å². The molecule has 0 saturated heterocycles. The van der Waals surface area contributed by atoms with Gasteiger partial charge in [-0.25, -0.2) is 0 Å². The molecular formula is C11H17ClO. The zero-order chi connectivity index (χ0) is 9.26. The summed E-state index contributed by atoms with van der Waals surface area (Å²) in [4.78, 5) is 11.0. The molecule has 0 spiro atoms.